The first kappa shape index (κ1) is 18.4. The number of rotatable bonds is 4. The predicted molar refractivity (Wildman–Crippen MR) is 113 cm³/mol. The Balaban J connectivity index is 1.41. The van der Waals surface area contributed by atoms with E-state index in [4.69, 9.17) is 9.72 Å². The van der Waals surface area contributed by atoms with Gasteiger partial charge < -0.3 is 10.1 Å². The number of hydrogen-bond donors (Lipinski definition) is 1. The Labute approximate surface area is 175 Å². The normalized spacial score (nSPS) is 16.3. The van der Waals surface area contributed by atoms with Crippen LogP contribution >= 0.6 is 15.9 Å². The van der Waals surface area contributed by atoms with E-state index >= 15 is 0 Å². The van der Waals surface area contributed by atoms with Crippen LogP contribution in [0.4, 0.5) is 4.39 Å². The maximum atomic E-state index is 14.7. The van der Waals surface area contributed by atoms with Crippen LogP contribution in [0.2, 0.25) is 0 Å². The third-order valence-electron chi connectivity index (χ3n) is 5.25. The maximum absolute atomic E-state index is 14.7. The number of alkyl halides is 1. The monoisotopic (exact) mass is 455 g/mol. The van der Waals surface area contributed by atoms with E-state index < -0.39 is 5.67 Å². The Morgan fingerprint density at radius 1 is 1.10 bits per heavy atom. The molecule has 8 heteroatoms. The van der Waals surface area contributed by atoms with Crippen molar-refractivity contribution >= 4 is 32.5 Å². The average Bonchev–Trinajstić information content (AvgIpc) is 3.15. The lowest BCUT2D eigenvalue weighted by Crippen LogP contribution is -2.42. The molecule has 4 heterocycles. The zero-order valence-corrected chi connectivity index (χ0v) is 17.2. The topological polar surface area (TPSA) is 64.3 Å². The summed E-state index contributed by atoms with van der Waals surface area (Å²) in [7, 11) is 0. The first-order chi connectivity index (χ1) is 14.1. The summed E-state index contributed by atoms with van der Waals surface area (Å²) in [5.41, 5.74) is 1.05. The van der Waals surface area contributed by atoms with E-state index in [9.17, 15) is 4.39 Å². The lowest BCUT2D eigenvalue weighted by atomic mass is 9.95. The maximum Gasteiger partial charge on any atom is 0.187 e. The Bertz CT molecular complexity index is 1190. The van der Waals surface area contributed by atoms with Crippen molar-refractivity contribution in [2.75, 3.05) is 19.7 Å². The fraction of sp³-hybridized carbons (Fsp3) is 0.286. The van der Waals surface area contributed by atoms with Crippen LogP contribution in [0.15, 0.2) is 53.1 Å². The molecule has 0 amide bonds. The van der Waals surface area contributed by atoms with Crippen LogP contribution in [0.1, 0.15) is 12.8 Å². The number of nitrogens with zero attached hydrogens (tertiary/aromatic N) is 4. The second kappa shape index (κ2) is 7.35. The molecule has 0 radical (unpaired) electrons. The van der Waals surface area contributed by atoms with Gasteiger partial charge in [-0.3, -0.25) is 4.40 Å². The number of halogens is 2. The lowest BCUT2D eigenvalue weighted by molar-refractivity contribution is 0.0540. The van der Waals surface area contributed by atoms with E-state index in [0.29, 0.717) is 37.5 Å². The van der Waals surface area contributed by atoms with Gasteiger partial charge in [0.25, 0.3) is 0 Å². The van der Waals surface area contributed by atoms with Crippen molar-refractivity contribution in [1.82, 2.24) is 24.9 Å². The highest BCUT2D eigenvalue weighted by atomic mass is 79.9. The van der Waals surface area contributed by atoms with Gasteiger partial charge in [-0.1, -0.05) is 6.07 Å². The number of benzene rings is 1. The molecular weight excluding hydrogens is 437 g/mol. The van der Waals surface area contributed by atoms with Crippen molar-refractivity contribution in [3.05, 3.63) is 53.1 Å². The van der Waals surface area contributed by atoms with Crippen LogP contribution in [0.5, 0.6) is 5.75 Å². The van der Waals surface area contributed by atoms with E-state index in [1.165, 1.54) is 0 Å². The molecule has 0 unspecified atom stereocenters. The molecule has 0 saturated carbocycles. The molecule has 1 aliphatic heterocycles. The first-order valence-electron chi connectivity index (χ1n) is 9.54. The number of piperidine rings is 1. The summed E-state index contributed by atoms with van der Waals surface area (Å²) in [4.78, 5) is 4.73. The highest BCUT2D eigenvalue weighted by Crippen LogP contribution is 2.27. The Hall–Kier alpha value is -2.58. The Kier molecular flexibility index (Phi) is 4.67. The second-order valence-corrected chi connectivity index (χ2v) is 8.26. The first-order valence-corrected chi connectivity index (χ1v) is 10.3. The van der Waals surface area contributed by atoms with Crippen LogP contribution < -0.4 is 10.1 Å². The standard InChI is InChI=1S/C21H19BrFN5O/c22-15-2-6-19-26-27-20(28(19)12-15)18-4-1-14-11-16(3-5-17(14)25-18)29-13-21(23)7-9-24-10-8-21/h1-6,11-12,24H,7-10,13H2. The van der Waals surface area contributed by atoms with Gasteiger partial charge in [0.15, 0.2) is 11.5 Å². The van der Waals surface area contributed by atoms with Crippen LogP contribution in [-0.4, -0.2) is 44.9 Å². The molecule has 0 atom stereocenters. The molecule has 1 aromatic carbocycles. The van der Waals surface area contributed by atoms with Gasteiger partial charge in [0.2, 0.25) is 0 Å². The summed E-state index contributed by atoms with van der Waals surface area (Å²) in [6.07, 6.45) is 2.88. The molecule has 3 aromatic heterocycles. The van der Waals surface area contributed by atoms with E-state index in [0.717, 1.165) is 26.7 Å². The highest BCUT2D eigenvalue weighted by Gasteiger charge is 2.32. The summed E-state index contributed by atoms with van der Waals surface area (Å²) < 4.78 is 23.3. The molecule has 0 bridgehead atoms. The van der Waals surface area contributed by atoms with Gasteiger partial charge in [-0.05, 0) is 78.3 Å². The summed E-state index contributed by atoms with van der Waals surface area (Å²) in [6.45, 7) is 1.46. The van der Waals surface area contributed by atoms with Crippen molar-refractivity contribution in [2.45, 2.75) is 18.5 Å². The van der Waals surface area contributed by atoms with E-state index in [1.807, 2.05) is 53.1 Å². The molecule has 4 aromatic rings. The predicted octanol–water partition coefficient (Wildman–Crippen LogP) is 4.18. The van der Waals surface area contributed by atoms with E-state index in [-0.39, 0.29) is 6.61 Å². The zero-order chi connectivity index (χ0) is 19.8. The number of hydrogen-bond acceptors (Lipinski definition) is 5. The van der Waals surface area contributed by atoms with Gasteiger partial charge in [-0.25, -0.2) is 9.37 Å². The average molecular weight is 456 g/mol. The number of ether oxygens (including phenoxy) is 1. The van der Waals surface area contributed by atoms with Gasteiger partial charge in [-0.15, -0.1) is 10.2 Å². The zero-order valence-electron chi connectivity index (χ0n) is 15.6. The summed E-state index contributed by atoms with van der Waals surface area (Å²) in [6, 6.07) is 13.3. The highest BCUT2D eigenvalue weighted by molar-refractivity contribution is 9.10. The summed E-state index contributed by atoms with van der Waals surface area (Å²) in [5, 5.41) is 12.6. The van der Waals surface area contributed by atoms with Gasteiger partial charge in [0.05, 0.1) is 5.52 Å². The number of pyridine rings is 2. The molecule has 6 nitrogen and oxygen atoms in total. The molecular formula is C21H19BrFN5O. The van der Waals surface area contributed by atoms with Crippen LogP contribution in [0.25, 0.3) is 28.1 Å². The Morgan fingerprint density at radius 3 is 2.83 bits per heavy atom. The van der Waals surface area contributed by atoms with Gasteiger partial charge >= 0.3 is 0 Å². The number of aromatic nitrogens is 4. The van der Waals surface area contributed by atoms with Crippen LogP contribution in [0, 0.1) is 0 Å². The quantitative estimate of drug-likeness (QED) is 0.499. The van der Waals surface area contributed by atoms with Crippen molar-refractivity contribution in [1.29, 1.82) is 0 Å². The fourth-order valence-electron chi connectivity index (χ4n) is 3.59. The molecule has 1 aliphatic rings. The van der Waals surface area contributed by atoms with Crippen molar-refractivity contribution in [3.8, 4) is 17.3 Å². The Morgan fingerprint density at radius 2 is 1.97 bits per heavy atom. The molecule has 0 aliphatic carbocycles. The summed E-state index contributed by atoms with van der Waals surface area (Å²) in [5.74, 6) is 1.33. The number of nitrogens with one attached hydrogen (secondary N) is 1. The number of fused-ring (bicyclic) bond motifs is 2. The van der Waals surface area contributed by atoms with Gasteiger partial charge in [0, 0.05) is 16.1 Å². The lowest BCUT2D eigenvalue weighted by Gasteiger charge is -2.29. The second-order valence-electron chi connectivity index (χ2n) is 7.34. The molecule has 1 N–H and O–H groups in total. The fourth-order valence-corrected chi connectivity index (χ4v) is 3.93. The molecule has 29 heavy (non-hydrogen) atoms. The van der Waals surface area contributed by atoms with Crippen LogP contribution in [0.3, 0.4) is 0 Å². The molecule has 1 fully saturated rings. The summed E-state index contributed by atoms with van der Waals surface area (Å²) >= 11 is 3.48. The van der Waals surface area contributed by atoms with E-state index in [1.54, 1.807) is 0 Å². The minimum atomic E-state index is -1.26. The largest absolute Gasteiger partial charge is 0.490 e. The minimum absolute atomic E-state index is 0.0757. The van der Waals surface area contributed by atoms with Gasteiger partial charge in [-0.2, -0.15) is 0 Å². The SMILES string of the molecule is FC1(COc2ccc3nc(-c4nnc5ccc(Br)cn45)ccc3c2)CCNCC1. The van der Waals surface area contributed by atoms with Crippen molar-refractivity contribution in [3.63, 3.8) is 0 Å². The minimum Gasteiger partial charge on any atom is -0.490 e. The molecule has 1 saturated heterocycles. The van der Waals surface area contributed by atoms with Crippen LogP contribution in [-0.2, 0) is 0 Å². The smallest absolute Gasteiger partial charge is 0.187 e. The van der Waals surface area contributed by atoms with Crippen molar-refractivity contribution < 1.29 is 9.13 Å². The van der Waals surface area contributed by atoms with Gasteiger partial charge in [0.1, 0.15) is 23.7 Å². The molecule has 5 rings (SSSR count). The van der Waals surface area contributed by atoms with Crippen molar-refractivity contribution in [2.24, 2.45) is 0 Å². The molecule has 148 valence electrons. The third kappa shape index (κ3) is 3.70. The van der Waals surface area contributed by atoms with E-state index in [2.05, 4.69) is 31.4 Å². The molecule has 0 spiro atoms. The third-order valence-corrected chi connectivity index (χ3v) is 5.72.